The molecule has 0 unspecified atom stereocenters. The Labute approximate surface area is 93.5 Å². The molecule has 1 heteroatoms. The van der Waals surface area contributed by atoms with Crippen LogP contribution in [0.3, 0.4) is 0 Å². The highest BCUT2D eigenvalue weighted by Crippen LogP contribution is 2.03. The zero-order valence-electron chi connectivity index (χ0n) is 10.1. The molecule has 0 spiro atoms. The lowest BCUT2D eigenvalue weighted by atomic mass is 10.1. The molecule has 15 heavy (non-hydrogen) atoms. The maximum Gasteiger partial charge on any atom is 0.132 e. The minimum absolute atomic E-state index is 0.346. The van der Waals surface area contributed by atoms with Crippen molar-refractivity contribution in [2.24, 2.45) is 0 Å². The molecule has 1 rings (SSSR count). The third-order valence-electron chi connectivity index (χ3n) is 1.93. The maximum absolute atomic E-state index is 11.0. The molecule has 1 nitrogen and oxygen atoms in total. The van der Waals surface area contributed by atoms with Gasteiger partial charge in [0.1, 0.15) is 5.78 Å². The van der Waals surface area contributed by atoms with Gasteiger partial charge in [0.05, 0.1) is 0 Å². The lowest BCUT2D eigenvalue weighted by Crippen LogP contribution is -1.97. The lowest BCUT2D eigenvalue weighted by Gasteiger charge is -1.98. The van der Waals surface area contributed by atoms with Crippen LogP contribution in [0.1, 0.15) is 45.6 Å². The van der Waals surface area contributed by atoms with Crippen LogP contribution in [0.25, 0.3) is 0 Å². The van der Waals surface area contributed by atoms with Crippen molar-refractivity contribution in [3.63, 3.8) is 0 Å². The van der Waals surface area contributed by atoms with Crippen LogP contribution in [-0.2, 0) is 11.2 Å². The molecule has 0 aliphatic carbocycles. The van der Waals surface area contributed by atoms with E-state index >= 15 is 0 Å². The Bertz CT molecular complexity index is 251. The van der Waals surface area contributed by atoms with Crippen molar-refractivity contribution in [1.29, 1.82) is 0 Å². The summed E-state index contributed by atoms with van der Waals surface area (Å²) in [5.41, 5.74) is 1.25. The number of Topliss-reactive ketones (excluding diaryl/α,β-unsaturated/α-hetero) is 1. The Morgan fingerprint density at radius 1 is 1.07 bits per heavy atom. The normalized spacial score (nSPS) is 9.00. The number of hydrogen-bond acceptors (Lipinski definition) is 1. The zero-order chi connectivity index (χ0) is 11.5. The Balaban J connectivity index is 0.000000583. The highest BCUT2D eigenvalue weighted by molar-refractivity contribution is 5.78. The monoisotopic (exact) mass is 206 g/mol. The van der Waals surface area contributed by atoms with Crippen LogP contribution >= 0.6 is 0 Å². The van der Waals surface area contributed by atoms with Crippen LogP contribution in [0.4, 0.5) is 0 Å². The first-order chi connectivity index (χ1) is 7.24. The van der Waals surface area contributed by atoms with Crippen molar-refractivity contribution < 1.29 is 4.79 Å². The molecule has 0 aliphatic heterocycles. The molecule has 1 aromatic rings. The van der Waals surface area contributed by atoms with E-state index in [9.17, 15) is 4.79 Å². The highest BCUT2D eigenvalue weighted by Gasteiger charge is 1.98. The van der Waals surface area contributed by atoms with E-state index in [2.05, 4.69) is 26.0 Å². The first-order valence-electron chi connectivity index (χ1n) is 5.80. The van der Waals surface area contributed by atoms with E-state index in [1.807, 2.05) is 25.1 Å². The van der Waals surface area contributed by atoms with Crippen LogP contribution in [0.2, 0.25) is 0 Å². The van der Waals surface area contributed by atoms with Crippen LogP contribution in [-0.4, -0.2) is 5.78 Å². The quantitative estimate of drug-likeness (QED) is 0.727. The minimum atomic E-state index is 0.346. The number of hydrogen-bond donors (Lipinski definition) is 0. The van der Waals surface area contributed by atoms with Gasteiger partial charge in [-0.15, -0.1) is 0 Å². The Morgan fingerprint density at radius 2 is 1.60 bits per heavy atom. The minimum Gasteiger partial charge on any atom is -0.300 e. The summed E-state index contributed by atoms with van der Waals surface area (Å²) in [4.78, 5) is 11.0. The maximum atomic E-state index is 11.0. The predicted octanol–water partition coefficient (Wildman–Crippen LogP) is 4.01. The zero-order valence-corrected chi connectivity index (χ0v) is 10.1. The molecule has 0 fully saturated rings. The standard InChI is InChI=1S/C11H14O.C3H8/c1-2-11(12)9-8-10-6-4-3-5-7-10;1-3-2/h3-7H,2,8-9H2,1H3;3H2,1-2H3. The number of rotatable bonds is 4. The van der Waals surface area contributed by atoms with Crippen molar-refractivity contribution in [3.05, 3.63) is 35.9 Å². The van der Waals surface area contributed by atoms with E-state index in [0.717, 1.165) is 6.42 Å². The lowest BCUT2D eigenvalue weighted by molar-refractivity contribution is -0.118. The van der Waals surface area contributed by atoms with E-state index in [0.29, 0.717) is 18.6 Å². The SMILES string of the molecule is CCC.CCC(=O)CCc1ccccc1. The van der Waals surface area contributed by atoms with Gasteiger partial charge in [0, 0.05) is 12.8 Å². The number of aryl methyl sites for hydroxylation is 1. The number of ketones is 1. The van der Waals surface area contributed by atoms with Gasteiger partial charge in [-0.2, -0.15) is 0 Å². The van der Waals surface area contributed by atoms with Crippen LogP contribution in [0.15, 0.2) is 30.3 Å². The largest absolute Gasteiger partial charge is 0.300 e. The van der Waals surface area contributed by atoms with E-state index in [4.69, 9.17) is 0 Å². The number of benzene rings is 1. The van der Waals surface area contributed by atoms with E-state index in [1.54, 1.807) is 0 Å². The summed E-state index contributed by atoms with van der Waals surface area (Å²) in [6.45, 7) is 6.16. The summed E-state index contributed by atoms with van der Waals surface area (Å²) < 4.78 is 0. The van der Waals surface area contributed by atoms with Gasteiger partial charge in [0.2, 0.25) is 0 Å². The highest BCUT2D eigenvalue weighted by atomic mass is 16.1. The fraction of sp³-hybridized carbons (Fsp3) is 0.500. The topological polar surface area (TPSA) is 17.1 Å². The van der Waals surface area contributed by atoms with Gasteiger partial charge in [-0.25, -0.2) is 0 Å². The summed E-state index contributed by atoms with van der Waals surface area (Å²) in [7, 11) is 0. The number of carbonyl (C=O) groups excluding carboxylic acids is 1. The summed E-state index contributed by atoms with van der Waals surface area (Å²) in [6.07, 6.45) is 3.47. The molecule has 0 radical (unpaired) electrons. The molecule has 0 saturated carbocycles. The fourth-order valence-electron chi connectivity index (χ4n) is 1.11. The van der Waals surface area contributed by atoms with Gasteiger partial charge in [-0.05, 0) is 12.0 Å². The van der Waals surface area contributed by atoms with Gasteiger partial charge in [0.15, 0.2) is 0 Å². The van der Waals surface area contributed by atoms with Gasteiger partial charge < -0.3 is 0 Å². The average molecular weight is 206 g/mol. The van der Waals surface area contributed by atoms with Gasteiger partial charge in [-0.3, -0.25) is 4.79 Å². The molecule has 0 atom stereocenters. The molecular formula is C14H22O. The second-order valence-corrected chi connectivity index (χ2v) is 3.58. The molecule has 0 aliphatic rings. The Hall–Kier alpha value is -1.11. The summed E-state index contributed by atoms with van der Waals surface area (Å²) in [6, 6.07) is 10.1. The van der Waals surface area contributed by atoms with Crippen molar-refractivity contribution in [2.75, 3.05) is 0 Å². The summed E-state index contributed by atoms with van der Waals surface area (Å²) in [5.74, 6) is 0.346. The summed E-state index contributed by atoms with van der Waals surface area (Å²) in [5, 5.41) is 0. The van der Waals surface area contributed by atoms with E-state index in [1.165, 1.54) is 12.0 Å². The molecule has 0 heterocycles. The molecule has 0 bridgehead atoms. The molecule has 1 aromatic carbocycles. The van der Waals surface area contributed by atoms with E-state index < -0.39 is 0 Å². The van der Waals surface area contributed by atoms with Crippen LogP contribution in [0, 0.1) is 0 Å². The molecule has 84 valence electrons. The van der Waals surface area contributed by atoms with E-state index in [-0.39, 0.29) is 0 Å². The van der Waals surface area contributed by atoms with Gasteiger partial charge in [0.25, 0.3) is 0 Å². The predicted molar refractivity (Wildman–Crippen MR) is 66.0 cm³/mol. The smallest absolute Gasteiger partial charge is 0.132 e. The fourth-order valence-corrected chi connectivity index (χ4v) is 1.11. The van der Waals surface area contributed by atoms with Crippen LogP contribution < -0.4 is 0 Å². The van der Waals surface area contributed by atoms with Crippen molar-refractivity contribution in [3.8, 4) is 0 Å². The van der Waals surface area contributed by atoms with Crippen molar-refractivity contribution >= 4 is 5.78 Å². The molecule has 0 amide bonds. The Kier molecular flexibility index (Phi) is 8.75. The van der Waals surface area contributed by atoms with Gasteiger partial charge >= 0.3 is 0 Å². The summed E-state index contributed by atoms with van der Waals surface area (Å²) >= 11 is 0. The van der Waals surface area contributed by atoms with Crippen molar-refractivity contribution in [2.45, 2.75) is 46.5 Å². The number of carbonyl (C=O) groups is 1. The van der Waals surface area contributed by atoms with Crippen LogP contribution in [0.5, 0.6) is 0 Å². The molecule has 0 N–H and O–H groups in total. The third-order valence-corrected chi connectivity index (χ3v) is 1.93. The Morgan fingerprint density at radius 3 is 2.07 bits per heavy atom. The molecule has 0 aromatic heterocycles. The second kappa shape index (κ2) is 9.45. The van der Waals surface area contributed by atoms with Gasteiger partial charge in [-0.1, -0.05) is 57.5 Å². The first-order valence-corrected chi connectivity index (χ1v) is 5.80. The second-order valence-electron chi connectivity index (χ2n) is 3.58. The third kappa shape index (κ3) is 7.92. The molecule has 0 saturated heterocycles. The molecular weight excluding hydrogens is 184 g/mol. The average Bonchev–Trinajstić information content (AvgIpc) is 2.28. The van der Waals surface area contributed by atoms with Crippen molar-refractivity contribution in [1.82, 2.24) is 0 Å². The first kappa shape index (κ1) is 13.9.